The molecule has 12 heavy (non-hydrogen) atoms. The Hall–Kier alpha value is 0.489. The summed E-state index contributed by atoms with van der Waals surface area (Å²) in [6.45, 7) is 0.949. The van der Waals surface area contributed by atoms with Gasteiger partial charge in [0.15, 0.2) is 0 Å². The number of aliphatic hydroxyl groups is 1. The summed E-state index contributed by atoms with van der Waals surface area (Å²) in [6.07, 6.45) is 2.79. The second kappa shape index (κ2) is 11.5. The van der Waals surface area contributed by atoms with Gasteiger partial charge in [-0.1, -0.05) is 6.42 Å². The molecular formula is C7H17IrNO3. The fraction of sp³-hybridized carbons (Fsp3) is 1.00. The predicted octanol–water partition coefficient (Wildman–Crippen LogP) is 0.211. The molecule has 4 nitrogen and oxygen atoms in total. The molecule has 0 spiro atoms. The summed E-state index contributed by atoms with van der Waals surface area (Å²) < 4.78 is 0. The minimum Gasteiger partial charge on any atom is -0.396 e. The van der Waals surface area contributed by atoms with Gasteiger partial charge in [0.25, 0.3) is 0 Å². The summed E-state index contributed by atoms with van der Waals surface area (Å²) in [5, 5.41) is 16.8. The van der Waals surface area contributed by atoms with E-state index in [4.69, 9.17) is 16.1 Å². The van der Waals surface area contributed by atoms with Crippen LogP contribution in [-0.2, 0) is 25.0 Å². The Morgan fingerprint density at radius 1 is 1.33 bits per heavy atom. The second-order valence-corrected chi connectivity index (χ2v) is 2.63. The van der Waals surface area contributed by atoms with Crippen molar-refractivity contribution in [3.8, 4) is 0 Å². The Morgan fingerprint density at radius 2 is 2.00 bits per heavy atom. The third-order valence-electron chi connectivity index (χ3n) is 1.63. The molecule has 1 radical (unpaired) electrons. The first kappa shape index (κ1) is 15.0. The molecule has 0 saturated heterocycles. The molecule has 0 amide bonds. The molecular weight excluding hydrogens is 338 g/mol. The van der Waals surface area contributed by atoms with Crippen LogP contribution in [0.1, 0.15) is 19.3 Å². The molecule has 0 bridgehead atoms. The second-order valence-electron chi connectivity index (χ2n) is 2.63. The fourth-order valence-corrected chi connectivity index (χ4v) is 0.910. The van der Waals surface area contributed by atoms with E-state index in [2.05, 4.69) is 4.89 Å². The summed E-state index contributed by atoms with van der Waals surface area (Å²) in [5.74, 6) is 0.0477. The zero-order valence-corrected chi connectivity index (χ0v) is 9.43. The van der Waals surface area contributed by atoms with Gasteiger partial charge < -0.3 is 10.8 Å². The molecule has 0 heterocycles. The number of rotatable bonds is 7. The van der Waals surface area contributed by atoms with E-state index >= 15 is 0 Å². The third-order valence-corrected chi connectivity index (χ3v) is 1.63. The Kier molecular flexibility index (Phi) is 14.3. The minimum absolute atomic E-state index is 0. The summed E-state index contributed by atoms with van der Waals surface area (Å²) in [5.41, 5.74) is 5.29. The summed E-state index contributed by atoms with van der Waals surface area (Å²) >= 11 is 0. The molecule has 0 aliphatic rings. The van der Waals surface area contributed by atoms with E-state index in [1.807, 2.05) is 0 Å². The van der Waals surface area contributed by atoms with Crippen LogP contribution in [0.15, 0.2) is 0 Å². The monoisotopic (exact) mass is 356 g/mol. The van der Waals surface area contributed by atoms with Crippen LogP contribution in [0.5, 0.6) is 0 Å². The average Bonchev–Trinajstić information content (AvgIpc) is 2.03. The zero-order valence-electron chi connectivity index (χ0n) is 7.03. The van der Waals surface area contributed by atoms with E-state index in [1.165, 1.54) is 0 Å². The molecule has 0 aromatic rings. The van der Waals surface area contributed by atoms with Crippen LogP contribution < -0.4 is 5.73 Å². The normalized spacial score (nSPS) is 12.2. The molecule has 1 unspecified atom stereocenters. The largest absolute Gasteiger partial charge is 0.396 e. The minimum atomic E-state index is 0. The van der Waals surface area contributed by atoms with Gasteiger partial charge in [0.1, 0.15) is 0 Å². The van der Waals surface area contributed by atoms with Crippen molar-refractivity contribution in [2.75, 3.05) is 19.8 Å². The van der Waals surface area contributed by atoms with Crippen molar-refractivity contribution in [1.29, 1.82) is 0 Å². The zero-order chi connectivity index (χ0) is 8.53. The molecule has 5 heteroatoms. The van der Waals surface area contributed by atoms with Crippen molar-refractivity contribution in [3.63, 3.8) is 0 Å². The molecule has 77 valence electrons. The Morgan fingerprint density at radius 3 is 2.42 bits per heavy atom. The molecule has 0 aromatic heterocycles. The van der Waals surface area contributed by atoms with Gasteiger partial charge in [0.05, 0.1) is 6.61 Å². The van der Waals surface area contributed by atoms with Crippen LogP contribution in [0.4, 0.5) is 0 Å². The quantitative estimate of drug-likeness (QED) is 0.347. The first-order chi connectivity index (χ1) is 5.35. The van der Waals surface area contributed by atoms with Gasteiger partial charge in [-0.3, -0.25) is 5.26 Å². The Balaban J connectivity index is 0. The van der Waals surface area contributed by atoms with E-state index in [9.17, 15) is 0 Å². The van der Waals surface area contributed by atoms with Gasteiger partial charge in [-0.15, -0.1) is 0 Å². The van der Waals surface area contributed by atoms with Crippen LogP contribution in [0, 0.1) is 5.92 Å². The maximum absolute atomic E-state index is 8.73. The Labute approximate surface area is 86.4 Å². The first-order valence-electron chi connectivity index (χ1n) is 3.92. The summed E-state index contributed by atoms with van der Waals surface area (Å²) in [4.78, 5) is 3.93. The molecule has 0 saturated carbocycles. The van der Waals surface area contributed by atoms with Crippen molar-refractivity contribution >= 4 is 0 Å². The number of hydrogen-bond acceptors (Lipinski definition) is 4. The van der Waals surface area contributed by atoms with Crippen LogP contribution in [0.3, 0.4) is 0 Å². The molecule has 0 aromatic carbocycles. The van der Waals surface area contributed by atoms with Crippen molar-refractivity contribution in [2.45, 2.75) is 19.3 Å². The third kappa shape index (κ3) is 8.58. The fourth-order valence-electron chi connectivity index (χ4n) is 0.910. The van der Waals surface area contributed by atoms with Gasteiger partial charge in [-0.05, 0) is 19.4 Å². The van der Waals surface area contributed by atoms with Crippen LogP contribution in [-0.4, -0.2) is 30.1 Å². The number of nitrogens with two attached hydrogens (primary N) is 1. The van der Waals surface area contributed by atoms with Crippen LogP contribution >= 0.6 is 0 Å². The van der Waals surface area contributed by atoms with Crippen molar-refractivity contribution < 1.29 is 35.4 Å². The van der Waals surface area contributed by atoms with Gasteiger partial charge in [-0.25, -0.2) is 4.89 Å². The summed E-state index contributed by atoms with van der Waals surface area (Å²) in [6, 6.07) is 0. The molecule has 0 rings (SSSR count). The van der Waals surface area contributed by atoms with Crippen molar-refractivity contribution in [3.05, 3.63) is 0 Å². The molecule has 0 fully saturated rings. The van der Waals surface area contributed by atoms with Crippen molar-refractivity contribution in [1.82, 2.24) is 0 Å². The average molecular weight is 355 g/mol. The standard InChI is InChI=1S/C7H17NO3.Ir/c8-4-2-1-3-7(5-9)6-11-10;/h7,9-10H,1-6,8H2;. The first-order valence-corrected chi connectivity index (χ1v) is 3.92. The number of unbranched alkanes of at least 4 members (excludes halogenated alkanes) is 1. The van der Waals surface area contributed by atoms with Gasteiger partial charge >= 0.3 is 0 Å². The van der Waals surface area contributed by atoms with Gasteiger partial charge in [-0.2, -0.15) is 0 Å². The maximum atomic E-state index is 8.73. The molecule has 0 aliphatic carbocycles. The Bertz CT molecular complexity index is 85.1. The smallest absolute Gasteiger partial charge is 0.0869 e. The van der Waals surface area contributed by atoms with E-state index in [0.29, 0.717) is 6.54 Å². The van der Waals surface area contributed by atoms with E-state index < -0.39 is 0 Å². The van der Waals surface area contributed by atoms with Gasteiger partial charge in [0.2, 0.25) is 0 Å². The van der Waals surface area contributed by atoms with Crippen LogP contribution in [0.25, 0.3) is 0 Å². The van der Waals surface area contributed by atoms with E-state index in [0.717, 1.165) is 19.3 Å². The topological polar surface area (TPSA) is 75.7 Å². The van der Waals surface area contributed by atoms with E-state index in [1.54, 1.807) is 0 Å². The SMILES string of the molecule is NCCCCC(CO)COO.[Ir]. The summed E-state index contributed by atoms with van der Waals surface area (Å²) in [7, 11) is 0. The predicted molar refractivity (Wildman–Crippen MR) is 42.1 cm³/mol. The molecule has 1 atom stereocenters. The number of hydrogen-bond donors (Lipinski definition) is 3. The van der Waals surface area contributed by atoms with Crippen molar-refractivity contribution in [2.24, 2.45) is 11.7 Å². The number of aliphatic hydroxyl groups excluding tert-OH is 1. The molecule has 0 aliphatic heterocycles. The molecule has 4 N–H and O–H groups in total. The van der Waals surface area contributed by atoms with Gasteiger partial charge in [0, 0.05) is 32.6 Å². The van der Waals surface area contributed by atoms with Crippen LogP contribution in [0.2, 0.25) is 0 Å². The maximum Gasteiger partial charge on any atom is 0.0869 e. The van der Waals surface area contributed by atoms with E-state index in [-0.39, 0.29) is 39.2 Å².